The van der Waals surface area contributed by atoms with Crippen LogP contribution in [-0.2, 0) is 12.8 Å². The minimum absolute atomic E-state index is 0.0622. The van der Waals surface area contributed by atoms with Crippen molar-refractivity contribution in [3.05, 3.63) is 35.9 Å². The van der Waals surface area contributed by atoms with Gasteiger partial charge in [0.05, 0.1) is 23.1 Å². The van der Waals surface area contributed by atoms with Gasteiger partial charge in [0.15, 0.2) is 5.76 Å². The van der Waals surface area contributed by atoms with Gasteiger partial charge in [-0.3, -0.25) is 0 Å². The van der Waals surface area contributed by atoms with Gasteiger partial charge in [-0.15, -0.1) is 11.3 Å². The number of furan rings is 1. The Morgan fingerprint density at radius 2 is 2.08 bits per heavy atom. The molecule has 26 heavy (non-hydrogen) atoms. The smallest absolute Gasteiger partial charge is 0.152 e. The molecule has 0 atom stereocenters. The Kier molecular flexibility index (Phi) is 3.83. The summed E-state index contributed by atoms with van der Waals surface area (Å²) in [4.78, 5) is 14.9. The average Bonchev–Trinajstić information content (AvgIpc) is 3.33. The highest BCUT2D eigenvalue weighted by Crippen LogP contribution is 2.42. The second-order valence-electron chi connectivity index (χ2n) is 6.43. The molecule has 1 aliphatic rings. The Morgan fingerprint density at radius 3 is 2.88 bits per heavy atom. The van der Waals surface area contributed by atoms with Crippen molar-refractivity contribution < 1.29 is 9.52 Å². The van der Waals surface area contributed by atoms with Gasteiger partial charge in [-0.25, -0.2) is 15.0 Å². The van der Waals surface area contributed by atoms with Gasteiger partial charge in [-0.2, -0.15) is 0 Å². The molecule has 0 fully saturated rings. The number of nitrogens with zero attached hydrogens (tertiary/aromatic N) is 3. The molecule has 0 bridgehead atoms. The van der Waals surface area contributed by atoms with E-state index in [1.807, 2.05) is 12.1 Å². The number of anilines is 1. The maximum Gasteiger partial charge on any atom is 0.152 e. The number of hydrogen-bond donors (Lipinski definition) is 2. The van der Waals surface area contributed by atoms with E-state index < -0.39 is 0 Å². The van der Waals surface area contributed by atoms with Gasteiger partial charge in [0.2, 0.25) is 0 Å². The first-order valence-electron chi connectivity index (χ1n) is 8.84. The predicted octanol–water partition coefficient (Wildman–Crippen LogP) is 3.78. The van der Waals surface area contributed by atoms with Crippen LogP contribution < -0.4 is 5.32 Å². The molecule has 7 heteroatoms. The van der Waals surface area contributed by atoms with Gasteiger partial charge in [-0.1, -0.05) is 0 Å². The molecule has 0 amide bonds. The Balaban J connectivity index is 1.82. The van der Waals surface area contributed by atoms with Crippen molar-refractivity contribution in [2.75, 3.05) is 18.5 Å². The third kappa shape index (κ3) is 2.39. The second kappa shape index (κ2) is 6.34. The number of aliphatic hydroxyl groups excluding tert-OH is 1. The van der Waals surface area contributed by atoms with Crippen molar-refractivity contribution in [2.24, 2.45) is 0 Å². The van der Waals surface area contributed by atoms with Gasteiger partial charge in [-0.05, 0) is 48.9 Å². The number of hydrogen-bond acceptors (Lipinski definition) is 7. The standard InChI is InChI=1S/C19H18N4O2S/c24-8-7-20-18-17-16(21-10-22-18)14-11-4-1-2-5-12(11)15(23-19(14)26-17)13-6-3-9-25-13/h3,6,9-10,24H,1-2,4-5,7-8H2,(H,20,21,22). The first-order valence-corrected chi connectivity index (χ1v) is 9.66. The highest BCUT2D eigenvalue weighted by molar-refractivity contribution is 7.26. The van der Waals surface area contributed by atoms with E-state index in [0.29, 0.717) is 6.54 Å². The Bertz CT molecular complexity index is 1090. The van der Waals surface area contributed by atoms with E-state index in [4.69, 9.17) is 14.5 Å². The Morgan fingerprint density at radius 1 is 1.19 bits per heavy atom. The zero-order valence-corrected chi connectivity index (χ0v) is 15.0. The summed E-state index contributed by atoms with van der Waals surface area (Å²) in [5.41, 5.74) is 4.56. The molecular weight excluding hydrogens is 348 g/mol. The third-order valence-electron chi connectivity index (χ3n) is 4.88. The molecule has 0 aromatic carbocycles. The summed E-state index contributed by atoms with van der Waals surface area (Å²) >= 11 is 1.60. The molecule has 132 valence electrons. The fraction of sp³-hybridized carbons (Fsp3) is 0.316. The summed E-state index contributed by atoms with van der Waals surface area (Å²) in [5, 5.41) is 13.5. The Hall–Kier alpha value is -2.51. The number of thiophene rings is 1. The summed E-state index contributed by atoms with van der Waals surface area (Å²) < 4.78 is 6.65. The summed E-state index contributed by atoms with van der Waals surface area (Å²) in [5.74, 6) is 1.59. The molecule has 0 aliphatic heterocycles. The highest BCUT2D eigenvalue weighted by Gasteiger charge is 2.24. The van der Waals surface area contributed by atoms with Crippen LogP contribution in [0.3, 0.4) is 0 Å². The number of nitrogens with one attached hydrogen (secondary N) is 1. The SMILES string of the molecule is OCCNc1ncnc2c1sc1nc(-c3ccco3)c3c(c12)CCCC3. The van der Waals surface area contributed by atoms with Crippen LogP contribution in [0, 0.1) is 0 Å². The lowest BCUT2D eigenvalue weighted by molar-refractivity contribution is 0.311. The lowest BCUT2D eigenvalue weighted by Gasteiger charge is -2.19. The molecule has 6 nitrogen and oxygen atoms in total. The van der Waals surface area contributed by atoms with E-state index >= 15 is 0 Å². The van der Waals surface area contributed by atoms with E-state index in [1.165, 1.54) is 24.0 Å². The lowest BCUT2D eigenvalue weighted by Crippen LogP contribution is -2.07. The summed E-state index contributed by atoms with van der Waals surface area (Å²) in [6.45, 7) is 0.524. The molecule has 4 aromatic heterocycles. The number of fused-ring (bicyclic) bond motifs is 5. The van der Waals surface area contributed by atoms with Crippen LogP contribution in [-0.4, -0.2) is 33.2 Å². The van der Waals surface area contributed by atoms with Crippen LogP contribution >= 0.6 is 11.3 Å². The molecule has 4 aromatic rings. The molecule has 5 rings (SSSR count). The maximum atomic E-state index is 9.11. The molecule has 2 N–H and O–H groups in total. The van der Waals surface area contributed by atoms with E-state index in [-0.39, 0.29) is 6.61 Å². The van der Waals surface area contributed by atoms with E-state index in [9.17, 15) is 0 Å². The zero-order valence-electron chi connectivity index (χ0n) is 14.2. The fourth-order valence-electron chi connectivity index (χ4n) is 3.78. The van der Waals surface area contributed by atoms with Gasteiger partial charge >= 0.3 is 0 Å². The number of pyridine rings is 1. The lowest BCUT2D eigenvalue weighted by atomic mass is 9.88. The largest absolute Gasteiger partial charge is 0.463 e. The van der Waals surface area contributed by atoms with Crippen LogP contribution in [0.4, 0.5) is 5.82 Å². The van der Waals surface area contributed by atoms with Crippen LogP contribution in [0.2, 0.25) is 0 Å². The van der Waals surface area contributed by atoms with Gasteiger partial charge in [0, 0.05) is 11.9 Å². The van der Waals surface area contributed by atoms with E-state index in [2.05, 4.69) is 15.3 Å². The van der Waals surface area contributed by atoms with Crippen molar-refractivity contribution in [1.29, 1.82) is 0 Å². The molecule has 0 saturated carbocycles. The van der Waals surface area contributed by atoms with Gasteiger partial charge < -0.3 is 14.8 Å². The molecule has 0 saturated heterocycles. The quantitative estimate of drug-likeness (QED) is 0.572. The van der Waals surface area contributed by atoms with Crippen molar-refractivity contribution in [3.8, 4) is 11.5 Å². The molecule has 4 heterocycles. The summed E-state index contributed by atoms with van der Waals surface area (Å²) in [6.07, 6.45) is 7.70. The normalized spacial score (nSPS) is 14.0. The number of aryl methyl sites for hydroxylation is 1. The number of rotatable bonds is 4. The molecular formula is C19H18N4O2S. The summed E-state index contributed by atoms with van der Waals surface area (Å²) in [6, 6.07) is 3.88. The fourth-order valence-corrected chi connectivity index (χ4v) is 4.90. The average molecular weight is 366 g/mol. The molecule has 0 radical (unpaired) electrons. The first-order chi connectivity index (χ1) is 12.9. The number of aromatic nitrogens is 3. The summed E-state index contributed by atoms with van der Waals surface area (Å²) in [7, 11) is 0. The van der Waals surface area contributed by atoms with Crippen molar-refractivity contribution in [3.63, 3.8) is 0 Å². The van der Waals surface area contributed by atoms with Gasteiger partial charge in [0.25, 0.3) is 0 Å². The van der Waals surface area contributed by atoms with E-state index in [0.717, 1.165) is 50.5 Å². The minimum Gasteiger partial charge on any atom is -0.463 e. The van der Waals surface area contributed by atoms with Crippen LogP contribution in [0.1, 0.15) is 24.0 Å². The van der Waals surface area contributed by atoms with Crippen LogP contribution in [0.25, 0.3) is 31.9 Å². The molecule has 0 unspecified atom stereocenters. The third-order valence-corrected chi connectivity index (χ3v) is 5.96. The van der Waals surface area contributed by atoms with Crippen molar-refractivity contribution in [1.82, 2.24) is 15.0 Å². The van der Waals surface area contributed by atoms with Crippen LogP contribution in [0.15, 0.2) is 29.1 Å². The number of aliphatic hydroxyl groups is 1. The highest BCUT2D eigenvalue weighted by atomic mass is 32.1. The molecule has 1 aliphatic carbocycles. The monoisotopic (exact) mass is 366 g/mol. The second-order valence-corrected chi connectivity index (χ2v) is 7.43. The van der Waals surface area contributed by atoms with Crippen LogP contribution in [0.5, 0.6) is 0 Å². The predicted molar refractivity (Wildman–Crippen MR) is 103 cm³/mol. The van der Waals surface area contributed by atoms with Crippen molar-refractivity contribution in [2.45, 2.75) is 25.7 Å². The topological polar surface area (TPSA) is 84.1 Å². The van der Waals surface area contributed by atoms with Gasteiger partial charge in [0.1, 0.15) is 22.7 Å². The minimum atomic E-state index is 0.0622. The maximum absolute atomic E-state index is 9.11. The van der Waals surface area contributed by atoms with Crippen molar-refractivity contribution >= 4 is 37.6 Å². The van der Waals surface area contributed by atoms with E-state index in [1.54, 1.807) is 23.9 Å². The molecule has 0 spiro atoms. The zero-order chi connectivity index (χ0) is 17.5. The first kappa shape index (κ1) is 15.7. The Labute approximate surface area is 153 Å².